The molecule has 11 heavy (non-hydrogen) atoms. The van der Waals surface area contributed by atoms with Gasteiger partial charge < -0.3 is 4.42 Å². The highest BCUT2D eigenvalue weighted by molar-refractivity contribution is 7.80. The first-order valence-corrected chi connectivity index (χ1v) is 3.59. The van der Waals surface area contributed by atoms with Gasteiger partial charge in [0.2, 0.25) is 11.8 Å². The van der Waals surface area contributed by atoms with E-state index in [0.717, 1.165) is 0 Å². The Hall–Kier alpha value is -0.900. The van der Waals surface area contributed by atoms with Crippen molar-refractivity contribution in [1.29, 1.82) is 0 Å². The lowest BCUT2D eigenvalue weighted by Gasteiger charge is -2.09. The van der Waals surface area contributed by atoms with Gasteiger partial charge in [-0.05, 0) is 6.07 Å². The molecule has 0 aromatic carbocycles. The van der Waals surface area contributed by atoms with Gasteiger partial charge >= 0.3 is 0 Å². The van der Waals surface area contributed by atoms with E-state index >= 15 is 0 Å². The van der Waals surface area contributed by atoms with Gasteiger partial charge in [0.05, 0.1) is 0 Å². The Labute approximate surface area is 70.4 Å². The quantitative estimate of drug-likeness (QED) is 0.650. The molecule has 1 heterocycles. The van der Waals surface area contributed by atoms with Gasteiger partial charge in [0.25, 0.3) is 0 Å². The number of carbonyl (C=O) groups excluding carboxylic acids is 1. The van der Waals surface area contributed by atoms with Gasteiger partial charge in [0, 0.05) is 20.0 Å². The van der Waals surface area contributed by atoms with E-state index in [1.807, 2.05) is 0 Å². The molecule has 0 spiro atoms. The Morgan fingerprint density at radius 1 is 1.64 bits per heavy atom. The molecule has 0 aliphatic heterocycles. The van der Waals surface area contributed by atoms with Crippen LogP contribution in [-0.4, -0.2) is 13.0 Å². The fourth-order valence-corrected chi connectivity index (χ4v) is 0.821. The molecule has 0 bridgehead atoms. The van der Waals surface area contributed by atoms with Crippen molar-refractivity contribution in [2.24, 2.45) is 0 Å². The van der Waals surface area contributed by atoms with Gasteiger partial charge in [-0.3, -0.25) is 9.69 Å². The van der Waals surface area contributed by atoms with Crippen molar-refractivity contribution >= 4 is 24.4 Å². The van der Waals surface area contributed by atoms with Crippen molar-refractivity contribution in [2.75, 3.05) is 11.9 Å². The number of anilines is 1. The summed E-state index contributed by atoms with van der Waals surface area (Å²) in [5.74, 6) is 0.454. The Kier molecular flexibility index (Phi) is 2.24. The number of furan rings is 1. The monoisotopic (exact) mass is 171 g/mol. The highest BCUT2D eigenvalue weighted by Gasteiger charge is 2.08. The van der Waals surface area contributed by atoms with Crippen molar-refractivity contribution in [1.82, 2.24) is 0 Å². The van der Waals surface area contributed by atoms with Crippen LogP contribution in [0.3, 0.4) is 0 Å². The molecule has 0 aliphatic rings. The molecule has 0 saturated heterocycles. The minimum absolute atomic E-state index is 0.0623. The summed E-state index contributed by atoms with van der Waals surface area (Å²) >= 11 is 3.96. The summed E-state index contributed by atoms with van der Waals surface area (Å²) in [6.45, 7) is 1.47. The molecule has 1 rings (SSSR count). The Morgan fingerprint density at radius 2 is 2.27 bits per heavy atom. The normalized spacial score (nSPS) is 9.73. The first-order valence-electron chi connectivity index (χ1n) is 3.14. The maximum absolute atomic E-state index is 10.8. The number of rotatable bonds is 1. The fourth-order valence-electron chi connectivity index (χ4n) is 0.653. The van der Waals surface area contributed by atoms with Crippen LogP contribution >= 0.6 is 12.6 Å². The van der Waals surface area contributed by atoms with E-state index in [-0.39, 0.29) is 5.91 Å². The third-order valence-electron chi connectivity index (χ3n) is 1.38. The maximum Gasteiger partial charge on any atom is 0.225 e. The second-order valence-corrected chi connectivity index (χ2v) is 2.63. The number of amides is 1. The minimum Gasteiger partial charge on any atom is -0.434 e. The van der Waals surface area contributed by atoms with Gasteiger partial charge in [-0.25, -0.2) is 0 Å². The van der Waals surface area contributed by atoms with Crippen LogP contribution in [0.25, 0.3) is 0 Å². The van der Waals surface area contributed by atoms with Crippen molar-refractivity contribution in [2.45, 2.75) is 12.0 Å². The highest BCUT2D eigenvalue weighted by atomic mass is 32.1. The lowest BCUT2D eigenvalue weighted by atomic mass is 10.5. The van der Waals surface area contributed by atoms with E-state index < -0.39 is 0 Å². The molecule has 1 aromatic heterocycles. The van der Waals surface area contributed by atoms with E-state index in [1.54, 1.807) is 19.2 Å². The number of thiol groups is 1. The lowest BCUT2D eigenvalue weighted by Crippen LogP contribution is -2.21. The molecule has 1 aromatic rings. The van der Waals surface area contributed by atoms with E-state index in [9.17, 15) is 4.79 Å². The molecular formula is C7H9NO2S. The molecule has 60 valence electrons. The summed E-state index contributed by atoms with van der Waals surface area (Å²) in [6, 6.07) is 3.39. The molecule has 0 N–H and O–H groups in total. The molecule has 0 fully saturated rings. The second kappa shape index (κ2) is 3.00. The standard InChI is InChI=1S/C7H9NO2S/c1-5(9)8(2)6-3-4-7(11)10-6/h3-4,11H,1-2H3. The molecule has 0 atom stereocenters. The van der Waals surface area contributed by atoms with Crippen LogP contribution in [0, 0.1) is 0 Å². The van der Waals surface area contributed by atoms with Gasteiger partial charge in [0.1, 0.15) is 0 Å². The summed E-state index contributed by atoms with van der Waals surface area (Å²) in [7, 11) is 1.65. The minimum atomic E-state index is -0.0623. The number of hydrogen-bond donors (Lipinski definition) is 1. The van der Waals surface area contributed by atoms with Crippen LogP contribution in [0.5, 0.6) is 0 Å². The van der Waals surface area contributed by atoms with Crippen LogP contribution in [-0.2, 0) is 4.79 Å². The third kappa shape index (κ3) is 1.77. The van der Waals surface area contributed by atoms with E-state index in [4.69, 9.17) is 4.42 Å². The number of carbonyl (C=O) groups is 1. The average molecular weight is 171 g/mol. The van der Waals surface area contributed by atoms with Crippen LogP contribution in [0.2, 0.25) is 0 Å². The summed E-state index contributed by atoms with van der Waals surface area (Å²) in [6.07, 6.45) is 0. The molecule has 3 nitrogen and oxygen atoms in total. The van der Waals surface area contributed by atoms with Crippen molar-refractivity contribution in [3.8, 4) is 0 Å². The Morgan fingerprint density at radius 3 is 2.64 bits per heavy atom. The number of hydrogen-bond acceptors (Lipinski definition) is 3. The molecule has 1 amide bonds. The Balaban J connectivity index is 2.84. The molecule has 4 heteroatoms. The van der Waals surface area contributed by atoms with Crippen molar-refractivity contribution < 1.29 is 9.21 Å². The number of nitrogens with zero attached hydrogens (tertiary/aromatic N) is 1. The van der Waals surface area contributed by atoms with E-state index in [0.29, 0.717) is 11.0 Å². The van der Waals surface area contributed by atoms with Gasteiger partial charge in [-0.2, -0.15) is 0 Å². The van der Waals surface area contributed by atoms with Crippen LogP contribution in [0.4, 0.5) is 5.88 Å². The van der Waals surface area contributed by atoms with Crippen LogP contribution in [0.15, 0.2) is 21.6 Å². The van der Waals surface area contributed by atoms with Crippen molar-refractivity contribution in [3.63, 3.8) is 0 Å². The molecule has 0 aliphatic carbocycles. The molecule has 0 radical (unpaired) electrons. The largest absolute Gasteiger partial charge is 0.434 e. The Bertz CT molecular complexity index is 269. The smallest absolute Gasteiger partial charge is 0.225 e. The summed E-state index contributed by atoms with van der Waals surface area (Å²) in [5.41, 5.74) is 0. The van der Waals surface area contributed by atoms with Gasteiger partial charge in [0.15, 0.2) is 5.09 Å². The lowest BCUT2D eigenvalue weighted by molar-refractivity contribution is -0.116. The zero-order chi connectivity index (χ0) is 8.43. The fraction of sp³-hybridized carbons (Fsp3) is 0.286. The third-order valence-corrected chi connectivity index (χ3v) is 1.62. The van der Waals surface area contributed by atoms with Crippen LogP contribution < -0.4 is 4.90 Å². The topological polar surface area (TPSA) is 33.5 Å². The first kappa shape index (κ1) is 8.20. The average Bonchev–Trinajstić information content (AvgIpc) is 2.34. The summed E-state index contributed by atoms with van der Waals surface area (Å²) < 4.78 is 5.08. The second-order valence-electron chi connectivity index (χ2n) is 2.19. The molecular weight excluding hydrogens is 162 g/mol. The van der Waals surface area contributed by atoms with Crippen molar-refractivity contribution in [3.05, 3.63) is 12.1 Å². The van der Waals surface area contributed by atoms with Gasteiger partial charge in [-0.15, -0.1) is 12.6 Å². The molecule has 0 saturated carbocycles. The van der Waals surface area contributed by atoms with E-state index in [1.165, 1.54) is 11.8 Å². The SMILES string of the molecule is CC(=O)N(C)c1ccc(S)o1. The predicted molar refractivity (Wildman–Crippen MR) is 45.0 cm³/mol. The van der Waals surface area contributed by atoms with Gasteiger partial charge in [-0.1, -0.05) is 0 Å². The zero-order valence-corrected chi connectivity index (χ0v) is 7.26. The van der Waals surface area contributed by atoms with Crippen LogP contribution in [0.1, 0.15) is 6.92 Å². The summed E-state index contributed by atoms with van der Waals surface area (Å²) in [4.78, 5) is 12.2. The molecule has 0 unspecified atom stereocenters. The zero-order valence-electron chi connectivity index (χ0n) is 6.37. The first-order chi connectivity index (χ1) is 5.11. The predicted octanol–water partition coefficient (Wildman–Crippen LogP) is 1.55. The maximum atomic E-state index is 10.8. The summed E-state index contributed by atoms with van der Waals surface area (Å²) in [5, 5.41) is 0.508. The highest BCUT2D eigenvalue weighted by Crippen LogP contribution is 2.19. The van der Waals surface area contributed by atoms with E-state index in [2.05, 4.69) is 12.6 Å².